The van der Waals surface area contributed by atoms with Crippen LogP contribution in [-0.4, -0.2) is 25.7 Å². The second-order valence-electron chi connectivity index (χ2n) is 7.39. The first kappa shape index (κ1) is 18.8. The number of nitrogens with zero attached hydrogens (tertiary/aromatic N) is 3. The van der Waals surface area contributed by atoms with Gasteiger partial charge < -0.3 is 10.1 Å². The van der Waals surface area contributed by atoms with Crippen molar-refractivity contribution in [3.05, 3.63) is 93.5 Å². The van der Waals surface area contributed by atoms with Crippen molar-refractivity contribution in [1.29, 1.82) is 0 Å². The van der Waals surface area contributed by atoms with E-state index in [2.05, 4.69) is 20.4 Å². The average Bonchev–Trinajstić information content (AvgIpc) is 3.11. The Balaban J connectivity index is 1.56. The molecule has 0 bridgehead atoms. The van der Waals surface area contributed by atoms with Gasteiger partial charge in [0.05, 0.1) is 11.6 Å². The Kier molecular flexibility index (Phi) is 4.39. The summed E-state index contributed by atoms with van der Waals surface area (Å²) in [5.41, 5.74) is 2.50. The van der Waals surface area contributed by atoms with Gasteiger partial charge in [-0.3, -0.25) is 14.6 Å². The van der Waals surface area contributed by atoms with Crippen LogP contribution >= 0.6 is 0 Å². The zero-order chi connectivity index (χ0) is 21.5. The maximum Gasteiger partial charge on any atom is 0.252 e. The van der Waals surface area contributed by atoms with Gasteiger partial charge in [-0.1, -0.05) is 36.4 Å². The Bertz CT molecular complexity index is 1330. The molecule has 0 spiro atoms. The standard InChI is InChI=1S/C23H19N5O3/c1-13-12-20(29)26-23(24-13)28-19(11-14(2)27-28)25-22(30)21-15-7-3-5-9-17(15)31-18-10-6-4-8-16(18)21/h3-12,21H,1-2H3,(H,25,30)(H,24,26,29). The van der Waals surface area contributed by atoms with Gasteiger partial charge in [-0.2, -0.15) is 9.78 Å². The van der Waals surface area contributed by atoms with Gasteiger partial charge in [0.1, 0.15) is 17.3 Å². The molecule has 31 heavy (non-hydrogen) atoms. The van der Waals surface area contributed by atoms with E-state index in [0.29, 0.717) is 28.7 Å². The molecule has 4 aromatic rings. The fourth-order valence-corrected chi connectivity index (χ4v) is 3.80. The molecule has 5 rings (SSSR count). The number of hydrogen-bond acceptors (Lipinski definition) is 5. The molecule has 1 aliphatic rings. The Hall–Kier alpha value is -4.20. The Morgan fingerprint density at radius 2 is 1.65 bits per heavy atom. The summed E-state index contributed by atoms with van der Waals surface area (Å²) in [6, 6.07) is 18.1. The van der Waals surface area contributed by atoms with E-state index in [9.17, 15) is 9.59 Å². The number of H-pyrrole nitrogens is 1. The molecular weight excluding hydrogens is 394 g/mol. The minimum atomic E-state index is -0.561. The highest BCUT2D eigenvalue weighted by atomic mass is 16.5. The predicted octanol–water partition coefficient (Wildman–Crippen LogP) is 3.45. The first-order valence-electron chi connectivity index (χ1n) is 9.81. The number of rotatable bonds is 3. The maximum absolute atomic E-state index is 13.5. The molecule has 3 heterocycles. The molecule has 1 aliphatic heterocycles. The van der Waals surface area contributed by atoms with E-state index >= 15 is 0 Å². The first-order chi connectivity index (χ1) is 15.0. The lowest BCUT2D eigenvalue weighted by Crippen LogP contribution is -2.26. The first-order valence-corrected chi connectivity index (χ1v) is 9.81. The SMILES string of the molecule is Cc1cc(=O)[nH]c(-n2nc(C)cc2NC(=O)C2c3ccccc3Oc3ccccc32)n1. The third-order valence-electron chi connectivity index (χ3n) is 5.08. The minimum absolute atomic E-state index is 0.237. The van der Waals surface area contributed by atoms with Crippen molar-refractivity contribution >= 4 is 11.7 Å². The number of fused-ring (bicyclic) bond motifs is 2. The van der Waals surface area contributed by atoms with Crippen LogP contribution in [0, 0.1) is 13.8 Å². The Morgan fingerprint density at radius 1 is 1.00 bits per heavy atom. The van der Waals surface area contributed by atoms with E-state index in [1.165, 1.54) is 10.7 Å². The minimum Gasteiger partial charge on any atom is -0.457 e. The van der Waals surface area contributed by atoms with E-state index in [0.717, 1.165) is 11.1 Å². The number of para-hydroxylation sites is 2. The molecule has 2 N–H and O–H groups in total. The largest absolute Gasteiger partial charge is 0.457 e. The number of anilines is 1. The second-order valence-corrected chi connectivity index (χ2v) is 7.39. The fraction of sp³-hybridized carbons (Fsp3) is 0.130. The number of aryl methyl sites for hydroxylation is 2. The number of aromatic amines is 1. The third kappa shape index (κ3) is 3.38. The number of ether oxygens (including phenoxy) is 1. The molecule has 0 saturated heterocycles. The number of benzene rings is 2. The van der Waals surface area contributed by atoms with Crippen molar-refractivity contribution in [2.24, 2.45) is 0 Å². The number of carbonyl (C=O) groups is 1. The van der Waals surface area contributed by atoms with Crippen LogP contribution in [0.1, 0.15) is 28.4 Å². The number of carbonyl (C=O) groups excluding carboxylic acids is 1. The fourth-order valence-electron chi connectivity index (χ4n) is 3.80. The topological polar surface area (TPSA) is 102 Å². The third-order valence-corrected chi connectivity index (χ3v) is 5.08. The van der Waals surface area contributed by atoms with Gasteiger partial charge in [0, 0.05) is 29.0 Å². The quantitative estimate of drug-likeness (QED) is 0.536. The summed E-state index contributed by atoms with van der Waals surface area (Å²) in [7, 11) is 0. The summed E-state index contributed by atoms with van der Waals surface area (Å²) >= 11 is 0. The van der Waals surface area contributed by atoms with Gasteiger partial charge in [0.25, 0.3) is 5.56 Å². The molecular formula is C23H19N5O3. The highest BCUT2D eigenvalue weighted by Crippen LogP contribution is 2.44. The van der Waals surface area contributed by atoms with Crippen LogP contribution < -0.4 is 15.6 Å². The van der Waals surface area contributed by atoms with Gasteiger partial charge >= 0.3 is 0 Å². The molecule has 8 nitrogen and oxygen atoms in total. The zero-order valence-electron chi connectivity index (χ0n) is 16.9. The van der Waals surface area contributed by atoms with Gasteiger partial charge in [-0.25, -0.2) is 4.98 Å². The highest BCUT2D eigenvalue weighted by Gasteiger charge is 2.33. The molecule has 1 amide bonds. The van der Waals surface area contributed by atoms with Crippen LogP contribution in [-0.2, 0) is 4.79 Å². The summed E-state index contributed by atoms with van der Waals surface area (Å²) in [5, 5.41) is 7.36. The smallest absolute Gasteiger partial charge is 0.252 e. The van der Waals surface area contributed by atoms with Crippen molar-refractivity contribution in [2.45, 2.75) is 19.8 Å². The van der Waals surface area contributed by atoms with Crippen LogP contribution in [0.15, 0.2) is 65.5 Å². The lowest BCUT2D eigenvalue weighted by atomic mass is 9.87. The van der Waals surface area contributed by atoms with Crippen LogP contribution in [0.5, 0.6) is 11.5 Å². The summed E-state index contributed by atoms with van der Waals surface area (Å²) < 4.78 is 7.41. The summed E-state index contributed by atoms with van der Waals surface area (Å²) in [4.78, 5) is 32.4. The van der Waals surface area contributed by atoms with Gasteiger partial charge in [0.2, 0.25) is 11.9 Å². The number of hydrogen-bond donors (Lipinski definition) is 2. The molecule has 0 unspecified atom stereocenters. The lowest BCUT2D eigenvalue weighted by Gasteiger charge is -2.27. The van der Waals surface area contributed by atoms with E-state index < -0.39 is 5.92 Å². The number of amides is 1. The van der Waals surface area contributed by atoms with E-state index in [1.807, 2.05) is 48.5 Å². The molecule has 0 aliphatic carbocycles. The van der Waals surface area contributed by atoms with Gasteiger partial charge in [0.15, 0.2) is 0 Å². The lowest BCUT2D eigenvalue weighted by molar-refractivity contribution is -0.116. The maximum atomic E-state index is 13.5. The summed E-state index contributed by atoms with van der Waals surface area (Å²) in [5.74, 6) is 1.15. The molecule has 0 fully saturated rings. The van der Waals surface area contributed by atoms with Gasteiger partial charge in [-0.15, -0.1) is 0 Å². The zero-order valence-corrected chi connectivity index (χ0v) is 16.9. The van der Waals surface area contributed by atoms with Crippen molar-refractivity contribution in [3.63, 3.8) is 0 Å². The van der Waals surface area contributed by atoms with Crippen LogP contribution in [0.2, 0.25) is 0 Å². The predicted molar refractivity (Wildman–Crippen MR) is 115 cm³/mol. The van der Waals surface area contributed by atoms with Crippen molar-refractivity contribution in [3.8, 4) is 17.4 Å². The van der Waals surface area contributed by atoms with Crippen LogP contribution in [0.25, 0.3) is 5.95 Å². The monoisotopic (exact) mass is 413 g/mol. The van der Waals surface area contributed by atoms with Gasteiger partial charge in [-0.05, 0) is 26.0 Å². The molecule has 0 atom stereocenters. The molecule has 0 saturated carbocycles. The van der Waals surface area contributed by atoms with Crippen LogP contribution in [0.4, 0.5) is 5.82 Å². The molecule has 8 heteroatoms. The summed E-state index contributed by atoms with van der Waals surface area (Å²) in [6.07, 6.45) is 0. The van der Waals surface area contributed by atoms with E-state index in [4.69, 9.17) is 4.74 Å². The van der Waals surface area contributed by atoms with Crippen molar-refractivity contribution in [1.82, 2.24) is 19.7 Å². The second kappa shape index (κ2) is 7.24. The molecule has 0 radical (unpaired) electrons. The Morgan fingerprint density at radius 3 is 2.29 bits per heavy atom. The molecule has 154 valence electrons. The Labute approximate surface area is 177 Å². The van der Waals surface area contributed by atoms with Crippen LogP contribution in [0.3, 0.4) is 0 Å². The average molecular weight is 413 g/mol. The normalized spacial score (nSPS) is 12.6. The van der Waals surface area contributed by atoms with E-state index in [1.54, 1.807) is 19.9 Å². The summed E-state index contributed by atoms with van der Waals surface area (Å²) in [6.45, 7) is 3.53. The van der Waals surface area contributed by atoms with Crippen molar-refractivity contribution in [2.75, 3.05) is 5.32 Å². The molecule has 2 aromatic carbocycles. The van der Waals surface area contributed by atoms with Crippen molar-refractivity contribution < 1.29 is 9.53 Å². The van der Waals surface area contributed by atoms with E-state index in [-0.39, 0.29) is 17.4 Å². The number of nitrogens with one attached hydrogen (secondary N) is 2. The highest BCUT2D eigenvalue weighted by molar-refractivity contribution is 5.99. The number of aromatic nitrogens is 4. The molecule has 2 aromatic heterocycles.